The summed E-state index contributed by atoms with van der Waals surface area (Å²) in [6, 6.07) is 4.27. The zero-order valence-corrected chi connectivity index (χ0v) is 10.2. The quantitative estimate of drug-likeness (QED) is 0.824. The highest BCUT2D eigenvalue weighted by Gasteiger charge is 2.06. The molecular formula is C13H19N3. The Hall–Kier alpha value is -1.56. The second kappa shape index (κ2) is 6.12. The number of nitriles is 1. The zero-order valence-electron chi connectivity index (χ0n) is 10.2. The smallest absolute Gasteiger partial charge is 0.101 e. The van der Waals surface area contributed by atoms with Gasteiger partial charge in [0, 0.05) is 12.2 Å². The molecule has 0 aromatic carbocycles. The summed E-state index contributed by atoms with van der Waals surface area (Å²) in [6.07, 6.45) is 5.65. The molecule has 1 aromatic heterocycles. The molecule has 3 heteroatoms. The monoisotopic (exact) mass is 217 g/mol. The third-order valence-corrected chi connectivity index (χ3v) is 2.52. The van der Waals surface area contributed by atoms with E-state index >= 15 is 0 Å². The lowest BCUT2D eigenvalue weighted by Gasteiger charge is -2.16. The van der Waals surface area contributed by atoms with E-state index in [1.165, 1.54) is 6.42 Å². The first-order chi connectivity index (χ1) is 7.63. The summed E-state index contributed by atoms with van der Waals surface area (Å²) in [5.74, 6) is 0.716. The SMILES string of the molecule is CC(C)CCC(C)Nc1cnccc1C#N. The van der Waals surface area contributed by atoms with Crippen LogP contribution in [0.15, 0.2) is 18.5 Å². The van der Waals surface area contributed by atoms with Gasteiger partial charge in [0.1, 0.15) is 6.07 Å². The Morgan fingerprint density at radius 1 is 1.38 bits per heavy atom. The van der Waals surface area contributed by atoms with E-state index in [0.717, 1.165) is 12.1 Å². The van der Waals surface area contributed by atoms with Gasteiger partial charge < -0.3 is 5.32 Å². The van der Waals surface area contributed by atoms with Gasteiger partial charge in [0.05, 0.1) is 17.4 Å². The van der Waals surface area contributed by atoms with Crippen LogP contribution in [0.3, 0.4) is 0 Å². The van der Waals surface area contributed by atoms with Crippen molar-refractivity contribution >= 4 is 5.69 Å². The summed E-state index contributed by atoms with van der Waals surface area (Å²) in [7, 11) is 0. The van der Waals surface area contributed by atoms with Gasteiger partial charge in [0.15, 0.2) is 0 Å². The maximum atomic E-state index is 8.93. The number of hydrogen-bond donors (Lipinski definition) is 1. The maximum Gasteiger partial charge on any atom is 0.101 e. The minimum Gasteiger partial charge on any atom is -0.380 e. The third kappa shape index (κ3) is 3.90. The first-order valence-corrected chi connectivity index (χ1v) is 5.74. The van der Waals surface area contributed by atoms with E-state index < -0.39 is 0 Å². The maximum absolute atomic E-state index is 8.93. The van der Waals surface area contributed by atoms with Gasteiger partial charge in [-0.15, -0.1) is 0 Å². The molecule has 0 saturated carbocycles. The van der Waals surface area contributed by atoms with Crippen LogP contribution in [-0.4, -0.2) is 11.0 Å². The van der Waals surface area contributed by atoms with E-state index in [2.05, 4.69) is 37.1 Å². The first-order valence-electron chi connectivity index (χ1n) is 5.74. The Kier molecular flexibility index (Phi) is 4.78. The van der Waals surface area contributed by atoms with Gasteiger partial charge in [-0.05, 0) is 31.7 Å². The predicted molar refractivity (Wildman–Crippen MR) is 66.1 cm³/mol. The fraction of sp³-hybridized carbons (Fsp3) is 0.538. The molecule has 0 radical (unpaired) electrons. The molecule has 0 spiro atoms. The Morgan fingerprint density at radius 3 is 2.75 bits per heavy atom. The molecular weight excluding hydrogens is 198 g/mol. The van der Waals surface area contributed by atoms with E-state index in [4.69, 9.17) is 5.26 Å². The van der Waals surface area contributed by atoms with Crippen LogP contribution in [0.4, 0.5) is 5.69 Å². The molecule has 0 amide bonds. The number of anilines is 1. The van der Waals surface area contributed by atoms with Crippen LogP contribution in [0.25, 0.3) is 0 Å². The highest BCUT2D eigenvalue weighted by Crippen LogP contribution is 2.15. The molecule has 0 aliphatic heterocycles. The van der Waals surface area contributed by atoms with Crippen molar-refractivity contribution < 1.29 is 0 Å². The third-order valence-electron chi connectivity index (χ3n) is 2.52. The molecule has 1 rings (SSSR count). The summed E-state index contributed by atoms with van der Waals surface area (Å²) in [5.41, 5.74) is 1.49. The Labute approximate surface area is 97.5 Å². The molecule has 3 nitrogen and oxygen atoms in total. The second-order valence-corrected chi connectivity index (χ2v) is 4.55. The standard InChI is InChI=1S/C13H19N3/c1-10(2)4-5-11(3)16-13-9-15-7-6-12(13)8-14/h6-7,9-11,16H,4-5H2,1-3H3. The van der Waals surface area contributed by atoms with Crippen molar-refractivity contribution in [3.05, 3.63) is 24.0 Å². The minimum absolute atomic E-state index is 0.374. The molecule has 86 valence electrons. The molecule has 1 heterocycles. The lowest BCUT2D eigenvalue weighted by atomic mass is 10.0. The fourth-order valence-electron chi connectivity index (χ4n) is 1.53. The van der Waals surface area contributed by atoms with Crippen molar-refractivity contribution in [3.8, 4) is 6.07 Å². The van der Waals surface area contributed by atoms with Crippen LogP contribution in [0.1, 0.15) is 39.2 Å². The average molecular weight is 217 g/mol. The van der Waals surface area contributed by atoms with Gasteiger partial charge in [0.25, 0.3) is 0 Å². The second-order valence-electron chi connectivity index (χ2n) is 4.55. The first kappa shape index (κ1) is 12.5. The lowest BCUT2D eigenvalue weighted by molar-refractivity contribution is 0.527. The van der Waals surface area contributed by atoms with Crippen LogP contribution in [0.2, 0.25) is 0 Å². The highest BCUT2D eigenvalue weighted by molar-refractivity contribution is 5.55. The normalized spacial score (nSPS) is 12.2. The molecule has 0 aliphatic carbocycles. The van der Waals surface area contributed by atoms with E-state index in [0.29, 0.717) is 17.5 Å². The minimum atomic E-state index is 0.374. The predicted octanol–water partition coefficient (Wildman–Crippen LogP) is 3.19. The summed E-state index contributed by atoms with van der Waals surface area (Å²) < 4.78 is 0. The van der Waals surface area contributed by atoms with Gasteiger partial charge in [0.2, 0.25) is 0 Å². The van der Waals surface area contributed by atoms with Crippen molar-refractivity contribution in [2.45, 2.75) is 39.7 Å². The van der Waals surface area contributed by atoms with Crippen molar-refractivity contribution in [2.24, 2.45) is 5.92 Å². The fourth-order valence-corrected chi connectivity index (χ4v) is 1.53. The molecule has 16 heavy (non-hydrogen) atoms. The number of rotatable bonds is 5. The van der Waals surface area contributed by atoms with E-state index in [1.54, 1.807) is 18.5 Å². The van der Waals surface area contributed by atoms with Crippen molar-refractivity contribution in [1.82, 2.24) is 4.98 Å². The molecule has 0 saturated heterocycles. The summed E-state index contributed by atoms with van der Waals surface area (Å²) in [6.45, 7) is 6.57. The zero-order chi connectivity index (χ0) is 12.0. The Balaban J connectivity index is 2.56. The van der Waals surface area contributed by atoms with Crippen LogP contribution in [0, 0.1) is 17.2 Å². The molecule has 1 unspecified atom stereocenters. The molecule has 1 N–H and O–H groups in total. The number of pyridine rings is 1. The van der Waals surface area contributed by atoms with Gasteiger partial charge >= 0.3 is 0 Å². The van der Waals surface area contributed by atoms with Gasteiger partial charge in [-0.25, -0.2) is 0 Å². The van der Waals surface area contributed by atoms with Crippen LogP contribution >= 0.6 is 0 Å². The van der Waals surface area contributed by atoms with Crippen LogP contribution in [-0.2, 0) is 0 Å². The molecule has 0 fully saturated rings. The molecule has 1 aromatic rings. The number of aromatic nitrogens is 1. The number of nitrogens with zero attached hydrogens (tertiary/aromatic N) is 2. The largest absolute Gasteiger partial charge is 0.380 e. The molecule has 0 bridgehead atoms. The summed E-state index contributed by atoms with van der Waals surface area (Å²) in [4.78, 5) is 4.03. The molecule has 1 atom stereocenters. The number of hydrogen-bond acceptors (Lipinski definition) is 3. The topological polar surface area (TPSA) is 48.7 Å². The average Bonchev–Trinajstić information content (AvgIpc) is 2.27. The lowest BCUT2D eigenvalue weighted by Crippen LogP contribution is -2.16. The van der Waals surface area contributed by atoms with Crippen molar-refractivity contribution in [2.75, 3.05) is 5.32 Å². The van der Waals surface area contributed by atoms with Gasteiger partial charge in [-0.3, -0.25) is 4.98 Å². The van der Waals surface area contributed by atoms with E-state index in [-0.39, 0.29) is 0 Å². The Bertz CT molecular complexity index is 366. The summed E-state index contributed by atoms with van der Waals surface area (Å²) >= 11 is 0. The van der Waals surface area contributed by atoms with E-state index in [1.807, 2.05) is 0 Å². The summed E-state index contributed by atoms with van der Waals surface area (Å²) in [5, 5.41) is 12.3. The molecule has 0 aliphatic rings. The highest BCUT2D eigenvalue weighted by atomic mass is 14.9. The Morgan fingerprint density at radius 2 is 2.12 bits per heavy atom. The van der Waals surface area contributed by atoms with E-state index in [9.17, 15) is 0 Å². The van der Waals surface area contributed by atoms with Crippen LogP contribution in [0.5, 0.6) is 0 Å². The van der Waals surface area contributed by atoms with Crippen molar-refractivity contribution in [3.63, 3.8) is 0 Å². The number of nitrogens with one attached hydrogen (secondary N) is 1. The van der Waals surface area contributed by atoms with Crippen LogP contribution < -0.4 is 5.32 Å². The van der Waals surface area contributed by atoms with Gasteiger partial charge in [-0.1, -0.05) is 13.8 Å². The van der Waals surface area contributed by atoms with Gasteiger partial charge in [-0.2, -0.15) is 5.26 Å². The van der Waals surface area contributed by atoms with Crippen molar-refractivity contribution in [1.29, 1.82) is 5.26 Å².